The highest BCUT2D eigenvalue weighted by molar-refractivity contribution is 4.96. The van der Waals surface area contributed by atoms with Gasteiger partial charge in [0.05, 0.1) is 6.04 Å². The lowest BCUT2D eigenvalue weighted by Crippen LogP contribution is -2.19. The zero-order valence-corrected chi connectivity index (χ0v) is 5.76. The number of nitrogens with two attached hydrogens (primary N) is 1. The van der Waals surface area contributed by atoms with E-state index in [0.29, 0.717) is 6.61 Å². The third-order valence-electron chi connectivity index (χ3n) is 0.991. The molecule has 0 rings (SSSR count). The first-order chi connectivity index (χ1) is 4.31. The van der Waals surface area contributed by atoms with Gasteiger partial charge < -0.3 is 10.5 Å². The van der Waals surface area contributed by atoms with E-state index >= 15 is 0 Å². The molecular formula is C7H13NO. The fourth-order valence-corrected chi connectivity index (χ4v) is 0.438. The number of hydrogen-bond acceptors (Lipinski definition) is 2. The predicted molar refractivity (Wildman–Crippen MR) is 37.9 cm³/mol. The predicted octanol–water partition coefficient (Wildman–Crippen LogP) is 0.373. The molecule has 2 heteroatoms. The average Bonchev–Trinajstić information content (AvgIpc) is 1.89. The molecule has 0 aromatic heterocycles. The second-order valence-corrected chi connectivity index (χ2v) is 1.76. The van der Waals surface area contributed by atoms with E-state index in [2.05, 4.69) is 5.92 Å². The molecular weight excluding hydrogens is 114 g/mol. The molecule has 1 atom stereocenters. The molecule has 1 unspecified atom stereocenters. The molecule has 2 N–H and O–H groups in total. The van der Waals surface area contributed by atoms with Crippen molar-refractivity contribution in [1.82, 2.24) is 0 Å². The van der Waals surface area contributed by atoms with Crippen molar-refractivity contribution < 1.29 is 4.74 Å². The Morgan fingerprint density at radius 1 is 1.78 bits per heavy atom. The maximum atomic E-state index is 5.40. The quantitative estimate of drug-likeness (QED) is 0.437. The monoisotopic (exact) mass is 127 g/mol. The van der Waals surface area contributed by atoms with Crippen LogP contribution in [0.25, 0.3) is 0 Å². The van der Waals surface area contributed by atoms with Gasteiger partial charge in [0.15, 0.2) is 0 Å². The molecule has 0 bridgehead atoms. The molecule has 0 aromatic carbocycles. The summed E-state index contributed by atoms with van der Waals surface area (Å²) in [6.45, 7) is 3.35. The molecule has 0 aliphatic heterocycles. The van der Waals surface area contributed by atoms with Crippen molar-refractivity contribution in [2.24, 2.45) is 5.73 Å². The highest BCUT2D eigenvalue weighted by atomic mass is 16.5. The molecule has 9 heavy (non-hydrogen) atoms. The SMILES string of the molecule is C#CC(N)CCOCC. The minimum Gasteiger partial charge on any atom is -0.382 e. The zero-order chi connectivity index (χ0) is 7.11. The number of ether oxygens (including phenoxy) is 1. The highest BCUT2D eigenvalue weighted by Gasteiger charge is 1.94. The molecule has 52 valence electrons. The molecule has 0 aromatic rings. The van der Waals surface area contributed by atoms with E-state index < -0.39 is 0 Å². The Hall–Kier alpha value is -0.520. The summed E-state index contributed by atoms with van der Waals surface area (Å²) < 4.78 is 5.03. The van der Waals surface area contributed by atoms with E-state index in [4.69, 9.17) is 16.9 Å². The van der Waals surface area contributed by atoms with Crippen molar-refractivity contribution in [2.45, 2.75) is 19.4 Å². The summed E-state index contributed by atoms with van der Waals surface area (Å²) >= 11 is 0. The van der Waals surface area contributed by atoms with Gasteiger partial charge in [-0.05, 0) is 13.3 Å². The molecule has 0 saturated heterocycles. The first kappa shape index (κ1) is 8.48. The summed E-state index contributed by atoms with van der Waals surface area (Å²) in [5.41, 5.74) is 5.40. The van der Waals surface area contributed by atoms with Crippen molar-refractivity contribution in [2.75, 3.05) is 13.2 Å². The first-order valence-electron chi connectivity index (χ1n) is 3.10. The van der Waals surface area contributed by atoms with Crippen LogP contribution in [0.15, 0.2) is 0 Å². The van der Waals surface area contributed by atoms with Crippen LogP contribution >= 0.6 is 0 Å². The Labute approximate surface area is 56.4 Å². The number of terminal acetylenes is 1. The molecule has 2 nitrogen and oxygen atoms in total. The first-order valence-corrected chi connectivity index (χ1v) is 3.10. The van der Waals surface area contributed by atoms with Gasteiger partial charge in [0.2, 0.25) is 0 Å². The van der Waals surface area contributed by atoms with Gasteiger partial charge in [-0.3, -0.25) is 0 Å². The van der Waals surface area contributed by atoms with E-state index in [9.17, 15) is 0 Å². The van der Waals surface area contributed by atoms with Crippen LogP contribution in [0.4, 0.5) is 0 Å². The standard InChI is InChI=1S/C7H13NO/c1-3-7(8)5-6-9-4-2/h1,7H,4-6,8H2,2H3. The Kier molecular flexibility index (Phi) is 5.29. The van der Waals surface area contributed by atoms with Crippen molar-refractivity contribution in [1.29, 1.82) is 0 Å². The van der Waals surface area contributed by atoms with Gasteiger partial charge in [0.25, 0.3) is 0 Å². The Morgan fingerprint density at radius 3 is 2.89 bits per heavy atom. The molecule has 0 amide bonds. The van der Waals surface area contributed by atoms with Gasteiger partial charge in [-0.1, -0.05) is 5.92 Å². The van der Waals surface area contributed by atoms with Crippen LogP contribution in [0.1, 0.15) is 13.3 Å². The van der Waals surface area contributed by atoms with Gasteiger partial charge in [0, 0.05) is 13.2 Å². The Morgan fingerprint density at radius 2 is 2.44 bits per heavy atom. The van der Waals surface area contributed by atoms with E-state index in [-0.39, 0.29) is 6.04 Å². The van der Waals surface area contributed by atoms with E-state index in [0.717, 1.165) is 13.0 Å². The third-order valence-corrected chi connectivity index (χ3v) is 0.991. The van der Waals surface area contributed by atoms with Crippen LogP contribution in [-0.4, -0.2) is 19.3 Å². The molecule has 0 aliphatic rings. The summed E-state index contributed by atoms with van der Waals surface area (Å²) in [7, 11) is 0. The number of rotatable bonds is 4. The summed E-state index contributed by atoms with van der Waals surface area (Å²) in [4.78, 5) is 0. The van der Waals surface area contributed by atoms with Gasteiger partial charge in [-0.2, -0.15) is 0 Å². The average molecular weight is 127 g/mol. The fourth-order valence-electron chi connectivity index (χ4n) is 0.438. The van der Waals surface area contributed by atoms with Crippen molar-refractivity contribution >= 4 is 0 Å². The summed E-state index contributed by atoms with van der Waals surface area (Å²) in [5, 5.41) is 0. The van der Waals surface area contributed by atoms with Crippen molar-refractivity contribution in [3.63, 3.8) is 0 Å². The summed E-state index contributed by atoms with van der Waals surface area (Å²) in [6.07, 6.45) is 5.78. The van der Waals surface area contributed by atoms with Crippen LogP contribution in [0.3, 0.4) is 0 Å². The van der Waals surface area contributed by atoms with Gasteiger partial charge >= 0.3 is 0 Å². The van der Waals surface area contributed by atoms with Crippen LogP contribution in [0.2, 0.25) is 0 Å². The highest BCUT2D eigenvalue weighted by Crippen LogP contribution is 1.85. The lowest BCUT2D eigenvalue weighted by Gasteiger charge is -2.02. The minimum absolute atomic E-state index is 0.142. The summed E-state index contributed by atoms with van der Waals surface area (Å²) in [5.74, 6) is 2.42. The van der Waals surface area contributed by atoms with Crippen molar-refractivity contribution in [3.8, 4) is 12.3 Å². The lowest BCUT2D eigenvalue weighted by molar-refractivity contribution is 0.143. The van der Waals surface area contributed by atoms with Crippen LogP contribution in [0, 0.1) is 12.3 Å². The Bertz CT molecular complexity index is 95.6. The summed E-state index contributed by atoms with van der Waals surface area (Å²) in [6, 6.07) is -0.142. The smallest absolute Gasteiger partial charge is 0.0684 e. The molecule has 0 fully saturated rings. The number of hydrogen-bond donors (Lipinski definition) is 1. The van der Waals surface area contributed by atoms with Crippen LogP contribution in [-0.2, 0) is 4.74 Å². The Balaban J connectivity index is 2.99. The largest absolute Gasteiger partial charge is 0.382 e. The topological polar surface area (TPSA) is 35.2 Å². The molecule has 0 saturated carbocycles. The molecule has 0 spiro atoms. The lowest BCUT2D eigenvalue weighted by atomic mass is 10.2. The third kappa shape index (κ3) is 5.35. The molecule has 0 heterocycles. The van der Waals surface area contributed by atoms with Crippen LogP contribution < -0.4 is 5.73 Å². The van der Waals surface area contributed by atoms with Crippen molar-refractivity contribution in [3.05, 3.63) is 0 Å². The fraction of sp³-hybridized carbons (Fsp3) is 0.714. The van der Waals surface area contributed by atoms with E-state index in [1.807, 2.05) is 6.92 Å². The minimum atomic E-state index is -0.142. The van der Waals surface area contributed by atoms with Gasteiger partial charge in [0.1, 0.15) is 0 Å². The second kappa shape index (κ2) is 5.61. The maximum absolute atomic E-state index is 5.40. The molecule has 0 aliphatic carbocycles. The van der Waals surface area contributed by atoms with Gasteiger partial charge in [-0.25, -0.2) is 0 Å². The van der Waals surface area contributed by atoms with E-state index in [1.165, 1.54) is 0 Å². The zero-order valence-electron chi connectivity index (χ0n) is 5.76. The second-order valence-electron chi connectivity index (χ2n) is 1.76. The normalized spacial score (nSPS) is 12.6. The molecule has 0 radical (unpaired) electrons. The van der Waals surface area contributed by atoms with Crippen LogP contribution in [0.5, 0.6) is 0 Å². The van der Waals surface area contributed by atoms with E-state index in [1.54, 1.807) is 0 Å². The van der Waals surface area contributed by atoms with Gasteiger partial charge in [-0.15, -0.1) is 6.42 Å². The maximum Gasteiger partial charge on any atom is 0.0684 e.